The summed E-state index contributed by atoms with van der Waals surface area (Å²) in [5.41, 5.74) is 1.56. The van der Waals surface area contributed by atoms with E-state index < -0.39 is 0 Å². The van der Waals surface area contributed by atoms with E-state index >= 15 is 0 Å². The van der Waals surface area contributed by atoms with Gasteiger partial charge in [0, 0.05) is 18.0 Å². The lowest BCUT2D eigenvalue weighted by Crippen LogP contribution is -2.26. The molecule has 1 heterocycles. The van der Waals surface area contributed by atoms with Gasteiger partial charge in [-0.05, 0) is 56.2 Å². The zero-order valence-electron chi connectivity index (χ0n) is 15.1. The van der Waals surface area contributed by atoms with Gasteiger partial charge in [0.1, 0.15) is 0 Å². The van der Waals surface area contributed by atoms with Gasteiger partial charge in [-0.2, -0.15) is 0 Å². The summed E-state index contributed by atoms with van der Waals surface area (Å²) in [6.07, 6.45) is 5.48. The van der Waals surface area contributed by atoms with E-state index in [1.54, 1.807) is 30.6 Å². The van der Waals surface area contributed by atoms with E-state index in [1.165, 1.54) is 0 Å². The van der Waals surface area contributed by atoms with Crippen molar-refractivity contribution in [2.75, 3.05) is 13.2 Å². The van der Waals surface area contributed by atoms with Crippen molar-refractivity contribution in [1.29, 1.82) is 0 Å². The fraction of sp³-hybridized carbons (Fsp3) is 0.400. The first-order valence-corrected chi connectivity index (χ1v) is 8.76. The van der Waals surface area contributed by atoms with Crippen LogP contribution in [-0.2, 0) is 0 Å². The Bertz CT molecular complexity index is 674. The molecule has 0 spiro atoms. The van der Waals surface area contributed by atoms with Crippen LogP contribution < -0.4 is 14.8 Å². The van der Waals surface area contributed by atoms with Crippen molar-refractivity contribution in [2.24, 2.45) is 0 Å². The van der Waals surface area contributed by atoms with Crippen molar-refractivity contribution < 1.29 is 14.3 Å². The third-order valence-electron chi connectivity index (χ3n) is 3.81. The molecule has 1 aromatic heterocycles. The van der Waals surface area contributed by atoms with Crippen LogP contribution in [0.5, 0.6) is 11.5 Å². The number of rotatable bonds is 9. The third kappa shape index (κ3) is 5.48. The lowest BCUT2D eigenvalue weighted by molar-refractivity contribution is 0.0939. The second kappa shape index (κ2) is 9.67. The Balaban J connectivity index is 2.09. The van der Waals surface area contributed by atoms with Gasteiger partial charge >= 0.3 is 0 Å². The molecule has 5 heteroatoms. The van der Waals surface area contributed by atoms with E-state index in [1.807, 2.05) is 26.0 Å². The summed E-state index contributed by atoms with van der Waals surface area (Å²) >= 11 is 0. The minimum absolute atomic E-state index is 0.105. The zero-order chi connectivity index (χ0) is 18.1. The summed E-state index contributed by atoms with van der Waals surface area (Å²) in [4.78, 5) is 16.5. The lowest BCUT2D eigenvalue weighted by atomic mass is 10.1. The normalized spacial score (nSPS) is 11.6. The zero-order valence-corrected chi connectivity index (χ0v) is 15.1. The predicted molar refractivity (Wildman–Crippen MR) is 98.1 cm³/mol. The molecule has 1 N–H and O–H groups in total. The monoisotopic (exact) mass is 342 g/mol. The first-order valence-electron chi connectivity index (χ1n) is 8.76. The number of hydrogen-bond donors (Lipinski definition) is 1. The van der Waals surface area contributed by atoms with Gasteiger partial charge in [0.05, 0.1) is 19.3 Å². The van der Waals surface area contributed by atoms with Crippen LogP contribution in [0.4, 0.5) is 0 Å². The molecular weight excluding hydrogens is 316 g/mol. The van der Waals surface area contributed by atoms with Gasteiger partial charge < -0.3 is 14.8 Å². The number of benzene rings is 1. The predicted octanol–water partition coefficient (Wildman–Crippen LogP) is 4.15. The van der Waals surface area contributed by atoms with Crippen LogP contribution in [-0.4, -0.2) is 24.1 Å². The second-order valence-electron chi connectivity index (χ2n) is 5.77. The van der Waals surface area contributed by atoms with Gasteiger partial charge in [-0.3, -0.25) is 9.78 Å². The number of ether oxygens (including phenoxy) is 2. The number of hydrogen-bond acceptors (Lipinski definition) is 4. The Morgan fingerprint density at radius 2 is 1.88 bits per heavy atom. The Morgan fingerprint density at radius 3 is 2.56 bits per heavy atom. The van der Waals surface area contributed by atoms with Crippen LogP contribution in [0.25, 0.3) is 0 Å². The van der Waals surface area contributed by atoms with Crippen LogP contribution in [0, 0.1) is 0 Å². The Labute approximate surface area is 149 Å². The number of aromatic nitrogens is 1. The van der Waals surface area contributed by atoms with Gasteiger partial charge in [-0.25, -0.2) is 0 Å². The van der Waals surface area contributed by atoms with E-state index in [4.69, 9.17) is 9.47 Å². The lowest BCUT2D eigenvalue weighted by Gasteiger charge is -2.16. The average molecular weight is 342 g/mol. The first kappa shape index (κ1) is 18.8. The third-order valence-corrected chi connectivity index (χ3v) is 3.81. The summed E-state index contributed by atoms with van der Waals surface area (Å²) in [5, 5.41) is 2.99. The topological polar surface area (TPSA) is 60.5 Å². The van der Waals surface area contributed by atoms with Crippen LogP contribution in [0.15, 0.2) is 42.7 Å². The SMILES string of the molecule is CCCCOc1ccc(C(=O)NC(C)c2ccncc2)cc1OCC. The largest absolute Gasteiger partial charge is 0.490 e. The number of carbonyl (C=O) groups is 1. The molecule has 25 heavy (non-hydrogen) atoms. The molecule has 0 aliphatic heterocycles. The molecule has 0 saturated carbocycles. The van der Waals surface area contributed by atoms with Crippen LogP contribution in [0.2, 0.25) is 0 Å². The van der Waals surface area contributed by atoms with E-state index in [0.717, 1.165) is 18.4 Å². The van der Waals surface area contributed by atoms with E-state index in [0.29, 0.717) is 30.3 Å². The summed E-state index contributed by atoms with van der Waals surface area (Å²) in [6.45, 7) is 7.13. The standard InChI is InChI=1S/C20H26N2O3/c1-4-6-13-25-18-8-7-17(14-19(18)24-5-2)20(23)22-15(3)16-9-11-21-12-10-16/h7-12,14-15H,4-6,13H2,1-3H3,(H,22,23). The molecule has 1 aromatic carbocycles. The molecule has 2 aromatic rings. The van der Waals surface area contributed by atoms with E-state index in [2.05, 4.69) is 17.2 Å². The molecule has 0 radical (unpaired) electrons. The van der Waals surface area contributed by atoms with E-state index in [-0.39, 0.29) is 11.9 Å². The Hall–Kier alpha value is -2.56. The quantitative estimate of drug-likeness (QED) is 0.696. The summed E-state index contributed by atoms with van der Waals surface area (Å²) < 4.78 is 11.4. The first-order chi connectivity index (χ1) is 12.2. The summed E-state index contributed by atoms with van der Waals surface area (Å²) in [5.74, 6) is 1.13. The molecule has 1 amide bonds. The maximum absolute atomic E-state index is 12.5. The van der Waals surface area contributed by atoms with Crippen molar-refractivity contribution in [3.05, 3.63) is 53.9 Å². The second-order valence-corrected chi connectivity index (χ2v) is 5.77. The Kier molecular flexibility index (Phi) is 7.26. The molecule has 1 atom stereocenters. The maximum atomic E-state index is 12.5. The molecular formula is C20H26N2O3. The van der Waals surface area contributed by atoms with Crippen molar-refractivity contribution in [1.82, 2.24) is 10.3 Å². The highest BCUT2D eigenvalue weighted by Gasteiger charge is 2.14. The number of nitrogens with one attached hydrogen (secondary N) is 1. The van der Waals surface area contributed by atoms with Crippen LogP contribution in [0.3, 0.4) is 0 Å². The fourth-order valence-electron chi connectivity index (χ4n) is 2.38. The van der Waals surface area contributed by atoms with E-state index in [9.17, 15) is 4.79 Å². The highest BCUT2D eigenvalue weighted by Crippen LogP contribution is 2.29. The molecule has 2 rings (SSSR count). The van der Waals surface area contributed by atoms with Crippen molar-refractivity contribution in [3.63, 3.8) is 0 Å². The molecule has 1 unspecified atom stereocenters. The minimum atomic E-state index is -0.148. The molecule has 0 aliphatic rings. The van der Waals surface area contributed by atoms with Crippen LogP contribution >= 0.6 is 0 Å². The van der Waals surface area contributed by atoms with Gasteiger partial charge in [0.15, 0.2) is 11.5 Å². The van der Waals surface area contributed by atoms with Crippen molar-refractivity contribution in [3.8, 4) is 11.5 Å². The summed E-state index contributed by atoms with van der Waals surface area (Å²) in [6, 6.07) is 8.97. The van der Waals surface area contributed by atoms with Crippen LogP contribution in [0.1, 0.15) is 55.6 Å². The van der Waals surface area contributed by atoms with Crippen molar-refractivity contribution >= 4 is 5.91 Å². The molecule has 0 fully saturated rings. The van der Waals surface area contributed by atoms with Gasteiger partial charge in [0.2, 0.25) is 0 Å². The average Bonchev–Trinajstić information content (AvgIpc) is 2.64. The van der Waals surface area contributed by atoms with Crippen molar-refractivity contribution in [2.45, 2.75) is 39.7 Å². The minimum Gasteiger partial charge on any atom is -0.490 e. The van der Waals surface area contributed by atoms with Gasteiger partial charge in [-0.1, -0.05) is 13.3 Å². The number of pyridine rings is 1. The molecule has 0 bridgehead atoms. The highest BCUT2D eigenvalue weighted by atomic mass is 16.5. The van der Waals surface area contributed by atoms with Gasteiger partial charge in [-0.15, -0.1) is 0 Å². The number of carbonyl (C=O) groups excluding carboxylic acids is 1. The molecule has 0 aliphatic carbocycles. The maximum Gasteiger partial charge on any atom is 0.251 e. The summed E-state index contributed by atoms with van der Waals surface area (Å²) in [7, 11) is 0. The molecule has 5 nitrogen and oxygen atoms in total. The number of amides is 1. The Morgan fingerprint density at radius 1 is 1.12 bits per heavy atom. The smallest absolute Gasteiger partial charge is 0.251 e. The fourth-order valence-corrected chi connectivity index (χ4v) is 2.38. The molecule has 134 valence electrons. The number of unbranched alkanes of at least 4 members (excludes halogenated alkanes) is 1. The van der Waals surface area contributed by atoms with Gasteiger partial charge in [0.25, 0.3) is 5.91 Å². The number of nitrogens with zero attached hydrogens (tertiary/aromatic N) is 1. The highest BCUT2D eigenvalue weighted by molar-refractivity contribution is 5.95. The molecule has 0 saturated heterocycles.